The highest BCUT2D eigenvalue weighted by atomic mass is 35.5. The standard InChI is InChI=1S/C14H16Cl2N2/c15-10-7-12-13(8-11(10)16)18-14(17-12)6-5-9-3-1-2-4-9/h7-9H,1-6H2,(H,17,18). The summed E-state index contributed by atoms with van der Waals surface area (Å²) in [5, 5.41) is 1.15. The van der Waals surface area contributed by atoms with Gasteiger partial charge < -0.3 is 4.98 Å². The number of benzene rings is 1. The van der Waals surface area contributed by atoms with Gasteiger partial charge in [-0.15, -0.1) is 0 Å². The molecule has 1 aromatic heterocycles. The van der Waals surface area contributed by atoms with Crippen LogP contribution in [0.1, 0.15) is 37.9 Å². The third kappa shape index (κ3) is 2.50. The first kappa shape index (κ1) is 12.3. The zero-order valence-electron chi connectivity index (χ0n) is 10.2. The van der Waals surface area contributed by atoms with Gasteiger partial charge in [-0.1, -0.05) is 48.9 Å². The molecule has 18 heavy (non-hydrogen) atoms. The van der Waals surface area contributed by atoms with Crippen LogP contribution in [0, 0.1) is 5.92 Å². The van der Waals surface area contributed by atoms with E-state index in [0.29, 0.717) is 10.0 Å². The summed E-state index contributed by atoms with van der Waals surface area (Å²) in [5.41, 5.74) is 1.89. The van der Waals surface area contributed by atoms with Gasteiger partial charge in [0.1, 0.15) is 5.82 Å². The number of hydrogen-bond acceptors (Lipinski definition) is 1. The van der Waals surface area contributed by atoms with Gasteiger partial charge in [-0.3, -0.25) is 0 Å². The molecule has 0 spiro atoms. The summed E-state index contributed by atoms with van der Waals surface area (Å²) in [6, 6.07) is 3.68. The van der Waals surface area contributed by atoms with E-state index in [1.165, 1.54) is 32.1 Å². The minimum atomic E-state index is 0.568. The molecular weight excluding hydrogens is 267 g/mol. The number of aromatic amines is 1. The molecular formula is C14H16Cl2N2. The van der Waals surface area contributed by atoms with Crippen LogP contribution >= 0.6 is 23.2 Å². The van der Waals surface area contributed by atoms with Gasteiger partial charge in [-0.05, 0) is 24.5 Å². The number of aryl methyl sites for hydroxylation is 1. The van der Waals surface area contributed by atoms with Crippen LogP contribution < -0.4 is 0 Å². The maximum absolute atomic E-state index is 6.00. The Labute approximate surface area is 117 Å². The summed E-state index contributed by atoms with van der Waals surface area (Å²) in [4.78, 5) is 7.91. The predicted octanol–water partition coefficient (Wildman–Crippen LogP) is 4.99. The minimum absolute atomic E-state index is 0.568. The molecule has 2 nitrogen and oxygen atoms in total. The Morgan fingerprint density at radius 3 is 2.67 bits per heavy atom. The summed E-state index contributed by atoms with van der Waals surface area (Å²) in [6.07, 6.45) is 7.83. The number of rotatable bonds is 3. The smallest absolute Gasteiger partial charge is 0.107 e. The second kappa shape index (κ2) is 5.10. The van der Waals surface area contributed by atoms with Gasteiger partial charge in [0.2, 0.25) is 0 Å². The molecule has 1 aliphatic rings. The summed E-state index contributed by atoms with van der Waals surface area (Å²) in [6.45, 7) is 0. The lowest BCUT2D eigenvalue weighted by Crippen LogP contribution is -1.97. The van der Waals surface area contributed by atoms with Crippen molar-refractivity contribution in [3.05, 3.63) is 28.0 Å². The van der Waals surface area contributed by atoms with Crippen LogP contribution in [0.5, 0.6) is 0 Å². The fourth-order valence-corrected chi connectivity index (χ4v) is 3.14. The number of H-pyrrole nitrogens is 1. The third-order valence-corrected chi connectivity index (χ3v) is 4.56. The van der Waals surface area contributed by atoms with E-state index in [9.17, 15) is 0 Å². The molecule has 0 unspecified atom stereocenters. The van der Waals surface area contributed by atoms with Crippen molar-refractivity contribution in [2.75, 3.05) is 0 Å². The van der Waals surface area contributed by atoms with Gasteiger partial charge in [0.15, 0.2) is 0 Å². The van der Waals surface area contributed by atoms with Crippen LogP contribution in [0.3, 0.4) is 0 Å². The molecule has 0 atom stereocenters. The number of hydrogen-bond donors (Lipinski definition) is 1. The molecule has 3 rings (SSSR count). The van der Waals surface area contributed by atoms with Gasteiger partial charge in [-0.2, -0.15) is 0 Å². The Balaban J connectivity index is 1.76. The van der Waals surface area contributed by atoms with Crippen LogP contribution in [0.2, 0.25) is 10.0 Å². The summed E-state index contributed by atoms with van der Waals surface area (Å²) >= 11 is 12.0. The Hall–Kier alpha value is -0.730. The van der Waals surface area contributed by atoms with Crippen molar-refractivity contribution in [1.29, 1.82) is 0 Å². The number of nitrogens with one attached hydrogen (secondary N) is 1. The molecule has 2 aromatic rings. The quantitative estimate of drug-likeness (QED) is 0.844. The molecule has 0 amide bonds. The number of imidazole rings is 1. The highest BCUT2D eigenvalue weighted by Gasteiger charge is 2.15. The minimum Gasteiger partial charge on any atom is -0.342 e. The Morgan fingerprint density at radius 1 is 1.17 bits per heavy atom. The molecule has 1 N–H and O–H groups in total. The van der Waals surface area contributed by atoms with Crippen LogP contribution in [0.15, 0.2) is 12.1 Å². The Morgan fingerprint density at radius 2 is 1.89 bits per heavy atom. The van der Waals surface area contributed by atoms with Gasteiger partial charge in [-0.25, -0.2) is 4.98 Å². The molecule has 0 aliphatic heterocycles. The molecule has 1 heterocycles. The first-order valence-corrected chi connectivity index (χ1v) is 7.31. The largest absolute Gasteiger partial charge is 0.342 e. The molecule has 0 bridgehead atoms. The second-order valence-corrected chi connectivity index (χ2v) is 5.97. The van der Waals surface area contributed by atoms with Crippen molar-refractivity contribution in [1.82, 2.24) is 9.97 Å². The number of halogens is 2. The monoisotopic (exact) mass is 282 g/mol. The van der Waals surface area contributed by atoms with Crippen molar-refractivity contribution in [3.8, 4) is 0 Å². The maximum atomic E-state index is 6.00. The van der Waals surface area contributed by atoms with Gasteiger partial charge in [0.05, 0.1) is 21.1 Å². The van der Waals surface area contributed by atoms with Gasteiger partial charge >= 0.3 is 0 Å². The lowest BCUT2D eigenvalue weighted by Gasteiger charge is -2.05. The molecule has 1 saturated carbocycles. The van der Waals surface area contributed by atoms with Crippen molar-refractivity contribution in [2.24, 2.45) is 5.92 Å². The Bertz CT molecular complexity index is 517. The summed E-state index contributed by atoms with van der Waals surface area (Å²) < 4.78 is 0. The van der Waals surface area contributed by atoms with E-state index < -0.39 is 0 Å². The molecule has 1 aliphatic carbocycles. The molecule has 4 heteroatoms. The van der Waals surface area contributed by atoms with Crippen LogP contribution in [-0.2, 0) is 6.42 Å². The molecule has 0 radical (unpaired) electrons. The Kier molecular flexibility index (Phi) is 3.49. The van der Waals surface area contributed by atoms with Crippen molar-refractivity contribution < 1.29 is 0 Å². The fraction of sp³-hybridized carbons (Fsp3) is 0.500. The normalized spacial score (nSPS) is 16.8. The average molecular weight is 283 g/mol. The highest BCUT2D eigenvalue weighted by molar-refractivity contribution is 6.42. The topological polar surface area (TPSA) is 28.7 Å². The SMILES string of the molecule is Clc1cc2nc(CCC3CCCC3)[nH]c2cc1Cl. The van der Waals surface area contributed by atoms with E-state index in [1.54, 1.807) is 0 Å². The zero-order valence-corrected chi connectivity index (χ0v) is 11.7. The fourth-order valence-electron chi connectivity index (χ4n) is 2.82. The zero-order chi connectivity index (χ0) is 12.5. The van der Waals surface area contributed by atoms with Crippen LogP contribution in [0.25, 0.3) is 11.0 Å². The molecule has 0 saturated heterocycles. The van der Waals surface area contributed by atoms with E-state index >= 15 is 0 Å². The van der Waals surface area contributed by atoms with Gasteiger partial charge in [0, 0.05) is 6.42 Å². The van der Waals surface area contributed by atoms with E-state index in [2.05, 4.69) is 9.97 Å². The third-order valence-electron chi connectivity index (χ3n) is 3.84. The van der Waals surface area contributed by atoms with Crippen LogP contribution in [0.4, 0.5) is 0 Å². The van der Waals surface area contributed by atoms with Crippen molar-refractivity contribution >= 4 is 34.2 Å². The maximum Gasteiger partial charge on any atom is 0.107 e. The van der Waals surface area contributed by atoms with E-state index in [0.717, 1.165) is 29.2 Å². The molecule has 1 fully saturated rings. The van der Waals surface area contributed by atoms with Crippen molar-refractivity contribution in [2.45, 2.75) is 38.5 Å². The van der Waals surface area contributed by atoms with Crippen molar-refractivity contribution in [3.63, 3.8) is 0 Å². The lowest BCUT2D eigenvalue weighted by atomic mass is 10.0. The lowest BCUT2D eigenvalue weighted by molar-refractivity contribution is 0.498. The molecule has 96 valence electrons. The average Bonchev–Trinajstić information content (AvgIpc) is 2.96. The summed E-state index contributed by atoms with van der Waals surface area (Å²) in [5.74, 6) is 1.95. The molecule has 1 aromatic carbocycles. The predicted molar refractivity (Wildman–Crippen MR) is 76.4 cm³/mol. The van der Waals surface area contributed by atoms with Crippen LogP contribution in [-0.4, -0.2) is 9.97 Å². The van der Waals surface area contributed by atoms with E-state index in [4.69, 9.17) is 23.2 Å². The first-order valence-electron chi connectivity index (χ1n) is 6.56. The number of nitrogens with zero attached hydrogens (tertiary/aromatic N) is 1. The first-order chi connectivity index (χ1) is 8.72. The van der Waals surface area contributed by atoms with E-state index in [1.807, 2.05) is 12.1 Å². The number of aromatic nitrogens is 2. The second-order valence-electron chi connectivity index (χ2n) is 5.16. The highest BCUT2D eigenvalue weighted by Crippen LogP contribution is 2.30. The summed E-state index contributed by atoms with van der Waals surface area (Å²) in [7, 11) is 0. The van der Waals surface area contributed by atoms with Gasteiger partial charge in [0.25, 0.3) is 0 Å². The number of fused-ring (bicyclic) bond motifs is 1. The van der Waals surface area contributed by atoms with E-state index in [-0.39, 0.29) is 0 Å².